The molecule has 3 N–H and O–H groups in total. The molecule has 2 aromatic rings. The Balaban J connectivity index is 1.45. The third-order valence-corrected chi connectivity index (χ3v) is 3.71. The van der Waals surface area contributed by atoms with E-state index in [4.69, 9.17) is 0 Å². The molecule has 6 nitrogen and oxygen atoms in total. The fourth-order valence-electron chi connectivity index (χ4n) is 2.54. The standard InChI is InChI=1S/C16H19N5O/c22-16(14-11-17-8-9-18-14)19-15-10-13(20-21-15)7-6-12-4-2-1-3-5-12/h1-5,8-9,11,13,15,20-21H,6-7,10H2,(H,19,22). The molecular formula is C16H19N5O. The van der Waals surface area contributed by atoms with E-state index in [1.54, 1.807) is 6.20 Å². The van der Waals surface area contributed by atoms with E-state index in [1.807, 2.05) is 6.07 Å². The second-order valence-corrected chi connectivity index (χ2v) is 5.36. The van der Waals surface area contributed by atoms with Gasteiger partial charge in [0.1, 0.15) is 5.69 Å². The van der Waals surface area contributed by atoms with Gasteiger partial charge in [0.15, 0.2) is 0 Å². The zero-order chi connectivity index (χ0) is 15.2. The van der Waals surface area contributed by atoms with Crippen LogP contribution >= 0.6 is 0 Å². The lowest BCUT2D eigenvalue weighted by Gasteiger charge is -2.11. The third kappa shape index (κ3) is 3.87. The molecule has 114 valence electrons. The van der Waals surface area contributed by atoms with Gasteiger partial charge >= 0.3 is 0 Å². The number of benzene rings is 1. The van der Waals surface area contributed by atoms with Crippen LogP contribution in [0.4, 0.5) is 0 Å². The average Bonchev–Trinajstić information content (AvgIpc) is 3.02. The lowest BCUT2D eigenvalue weighted by atomic mass is 10.0. The number of rotatable bonds is 5. The van der Waals surface area contributed by atoms with E-state index in [2.05, 4.69) is 50.4 Å². The first-order valence-corrected chi connectivity index (χ1v) is 7.43. The van der Waals surface area contributed by atoms with Gasteiger partial charge in [0, 0.05) is 18.4 Å². The largest absolute Gasteiger partial charge is 0.334 e. The van der Waals surface area contributed by atoms with Gasteiger partial charge in [-0.1, -0.05) is 30.3 Å². The molecule has 0 aliphatic carbocycles. The molecule has 1 aliphatic rings. The maximum Gasteiger partial charge on any atom is 0.272 e. The summed E-state index contributed by atoms with van der Waals surface area (Å²) < 4.78 is 0. The van der Waals surface area contributed by atoms with Crippen molar-refractivity contribution in [3.8, 4) is 0 Å². The first kappa shape index (κ1) is 14.6. The van der Waals surface area contributed by atoms with Crippen molar-refractivity contribution in [2.24, 2.45) is 0 Å². The van der Waals surface area contributed by atoms with Crippen LogP contribution in [0.2, 0.25) is 0 Å². The van der Waals surface area contributed by atoms with E-state index < -0.39 is 0 Å². The summed E-state index contributed by atoms with van der Waals surface area (Å²) in [5, 5.41) is 2.91. The van der Waals surface area contributed by atoms with Crippen LogP contribution < -0.4 is 16.2 Å². The Bertz CT molecular complexity index is 604. The second kappa shape index (κ2) is 7.11. The highest BCUT2D eigenvalue weighted by atomic mass is 16.2. The van der Waals surface area contributed by atoms with Crippen LogP contribution in [0.25, 0.3) is 0 Å². The third-order valence-electron chi connectivity index (χ3n) is 3.71. The molecule has 0 saturated carbocycles. The highest BCUT2D eigenvalue weighted by molar-refractivity contribution is 5.92. The Labute approximate surface area is 129 Å². The number of carbonyl (C=O) groups is 1. The van der Waals surface area contributed by atoms with Gasteiger partial charge in [0.25, 0.3) is 5.91 Å². The average molecular weight is 297 g/mol. The monoisotopic (exact) mass is 297 g/mol. The molecule has 0 radical (unpaired) electrons. The molecule has 1 aliphatic heterocycles. The maximum absolute atomic E-state index is 12.0. The van der Waals surface area contributed by atoms with Gasteiger partial charge in [-0.05, 0) is 24.8 Å². The van der Waals surface area contributed by atoms with E-state index in [1.165, 1.54) is 18.0 Å². The van der Waals surface area contributed by atoms with Crippen LogP contribution in [0.3, 0.4) is 0 Å². The number of nitrogens with one attached hydrogen (secondary N) is 3. The van der Waals surface area contributed by atoms with Gasteiger partial charge < -0.3 is 5.32 Å². The molecule has 3 rings (SSSR count). The molecule has 2 atom stereocenters. The van der Waals surface area contributed by atoms with E-state index in [0.29, 0.717) is 11.7 Å². The van der Waals surface area contributed by atoms with Crippen molar-refractivity contribution in [3.05, 3.63) is 60.2 Å². The van der Waals surface area contributed by atoms with Gasteiger partial charge in [-0.25, -0.2) is 10.4 Å². The first-order valence-electron chi connectivity index (χ1n) is 7.43. The minimum atomic E-state index is -0.212. The minimum absolute atomic E-state index is 0.0877. The number of aromatic nitrogens is 2. The Kier molecular flexibility index (Phi) is 4.72. The first-order chi connectivity index (χ1) is 10.8. The Morgan fingerprint density at radius 1 is 1.23 bits per heavy atom. The molecule has 1 fully saturated rings. The zero-order valence-electron chi connectivity index (χ0n) is 12.2. The van der Waals surface area contributed by atoms with Gasteiger partial charge in [0.2, 0.25) is 0 Å². The molecule has 0 bridgehead atoms. The molecule has 1 amide bonds. The molecule has 1 saturated heterocycles. The van der Waals surface area contributed by atoms with E-state index in [-0.39, 0.29) is 12.1 Å². The SMILES string of the molecule is O=C(NC1CC(CCc2ccccc2)NN1)c1cnccn1. The van der Waals surface area contributed by atoms with Crippen LogP contribution in [0, 0.1) is 0 Å². The van der Waals surface area contributed by atoms with Crippen LogP contribution in [-0.2, 0) is 6.42 Å². The molecule has 22 heavy (non-hydrogen) atoms. The van der Waals surface area contributed by atoms with Crippen molar-refractivity contribution >= 4 is 5.91 Å². The van der Waals surface area contributed by atoms with Crippen molar-refractivity contribution < 1.29 is 4.79 Å². The minimum Gasteiger partial charge on any atom is -0.334 e. The second-order valence-electron chi connectivity index (χ2n) is 5.36. The summed E-state index contributed by atoms with van der Waals surface area (Å²) in [5.41, 5.74) is 8.01. The molecule has 6 heteroatoms. The molecule has 2 unspecified atom stereocenters. The number of hydrogen-bond acceptors (Lipinski definition) is 5. The Morgan fingerprint density at radius 3 is 2.86 bits per heavy atom. The van der Waals surface area contributed by atoms with Gasteiger partial charge in [-0.2, -0.15) is 0 Å². The molecule has 1 aromatic heterocycles. The highest BCUT2D eigenvalue weighted by Crippen LogP contribution is 2.11. The normalized spacial score (nSPS) is 20.7. The number of hydrogen-bond donors (Lipinski definition) is 3. The van der Waals surface area contributed by atoms with Gasteiger partial charge in [0.05, 0.1) is 12.4 Å². The van der Waals surface area contributed by atoms with Crippen molar-refractivity contribution in [1.29, 1.82) is 0 Å². The van der Waals surface area contributed by atoms with Crippen molar-refractivity contribution in [2.75, 3.05) is 0 Å². The van der Waals surface area contributed by atoms with Crippen molar-refractivity contribution in [2.45, 2.75) is 31.5 Å². The number of carbonyl (C=O) groups excluding carboxylic acids is 1. The van der Waals surface area contributed by atoms with Gasteiger partial charge in [-0.15, -0.1) is 0 Å². The summed E-state index contributed by atoms with van der Waals surface area (Å²) in [7, 11) is 0. The number of aryl methyl sites for hydroxylation is 1. The van der Waals surface area contributed by atoms with Crippen LogP contribution in [0.1, 0.15) is 28.9 Å². The number of amides is 1. The van der Waals surface area contributed by atoms with Crippen LogP contribution in [-0.4, -0.2) is 28.1 Å². The van der Waals surface area contributed by atoms with Crippen molar-refractivity contribution in [1.82, 2.24) is 26.1 Å². The summed E-state index contributed by atoms with van der Waals surface area (Å²) in [6.07, 6.45) is 7.32. The summed E-state index contributed by atoms with van der Waals surface area (Å²) in [5.74, 6) is -0.212. The summed E-state index contributed by atoms with van der Waals surface area (Å²) in [6.45, 7) is 0. The lowest BCUT2D eigenvalue weighted by molar-refractivity contribution is 0.0927. The van der Waals surface area contributed by atoms with E-state index in [0.717, 1.165) is 19.3 Å². The van der Waals surface area contributed by atoms with E-state index in [9.17, 15) is 4.79 Å². The number of hydrazine groups is 1. The predicted molar refractivity (Wildman–Crippen MR) is 82.7 cm³/mol. The zero-order valence-corrected chi connectivity index (χ0v) is 12.2. The highest BCUT2D eigenvalue weighted by Gasteiger charge is 2.25. The van der Waals surface area contributed by atoms with Crippen LogP contribution in [0.15, 0.2) is 48.9 Å². The summed E-state index contributed by atoms with van der Waals surface area (Å²) >= 11 is 0. The Morgan fingerprint density at radius 2 is 2.09 bits per heavy atom. The molecule has 1 aromatic carbocycles. The quantitative estimate of drug-likeness (QED) is 0.768. The molecule has 0 spiro atoms. The van der Waals surface area contributed by atoms with Crippen LogP contribution in [0.5, 0.6) is 0 Å². The molecule has 2 heterocycles. The fourth-order valence-corrected chi connectivity index (χ4v) is 2.54. The van der Waals surface area contributed by atoms with E-state index >= 15 is 0 Å². The smallest absolute Gasteiger partial charge is 0.272 e. The fraction of sp³-hybridized carbons (Fsp3) is 0.312. The maximum atomic E-state index is 12.0. The lowest BCUT2D eigenvalue weighted by Crippen LogP contribution is -2.44. The number of nitrogens with zero attached hydrogens (tertiary/aromatic N) is 2. The Hall–Kier alpha value is -2.31. The van der Waals surface area contributed by atoms with Crippen molar-refractivity contribution in [3.63, 3.8) is 0 Å². The topological polar surface area (TPSA) is 78.9 Å². The summed E-state index contributed by atoms with van der Waals surface area (Å²) in [6, 6.07) is 10.7. The van der Waals surface area contributed by atoms with Gasteiger partial charge in [-0.3, -0.25) is 15.2 Å². The molecular weight excluding hydrogens is 278 g/mol. The summed E-state index contributed by atoms with van der Waals surface area (Å²) in [4.78, 5) is 19.9. The predicted octanol–water partition coefficient (Wildman–Crippen LogP) is 1.03.